The predicted octanol–water partition coefficient (Wildman–Crippen LogP) is 3.83. The number of benzene rings is 2. The number of fused-ring (bicyclic) bond motifs is 3. The highest BCUT2D eigenvalue weighted by atomic mass is 16.5. The van der Waals surface area contributed by atoms with E-state index in [0.29, 0.717) is 0 Å². The largest absolute Gasteiger partial charge is 0.379 e. The van der Waals surface area contributed by atoms with Gasteiger partial charge in [0.05, 0.1) is 18.7 Å². The molecule has 0 unspecified atom stereocenters. The van der Waals surface area contributed by atoms with Gasteiger partial charge in [-0.15, -0.1) is 0 Å². The van der Waals surface area contributed by atoms with Crippen LogP contribution in [0.5, 0.6) is 0 Å². The van der Waals surface area contributed by atoms with E-state index in [-0.39, 0.29) is 0 Å². The second-order valence-electron chi connectivity index (χ2n) is 6.74. The lowest BCUT2D eigenvalue weighted by atomic mass is 10.0. The summed E-state index contributed by atoms with van der Waals surface area (Å²) in [7, 11) is 0. The van der Waals surface area contributed by atoms with Crippen LogP contribution in [-0.2, 0) is 4.74 Å². The number of hydrogen-bond donors (Lipinski definition) is 1. The highest BCUT2D eigenvalue weighted by Crippen LogP contribution is 2.27. The van der Waals surface area contributed by atoms with Crippen molar-refractivity contribution >= 4 is 27.5 Å². The van der Waals surface area contributed by atoms with Crippen LogP contribution < -0.4 is 5.32 Å². The molecule has 0 amide bonds. The van der Waals surface area contributed by atoms with E-state index in [1.165, 1.54) is 21.7 Å². The van der Waals surface area contributed by atoms with Crippen molar-refractivity contribution in [3.8, 4) is 0 Å². The molecule has 2 aromatic carbocycles. The second kappa shape index (κ2) is 7.38. The minimum Gasteiger partial charge on any atom is -0.379 e. The first-order chi connectivity index (χ1) is 12.3. The minimum atomic E-state index is 0.867. The van der Waals surface area contributed by atoms with Crippen molar-refractivity contribution in [1.29, 1.82) is 0 Å². The van der Waals surface area contributed by atoms with E-state index < -0.39 is 0 Å². The SMILES string of the molecule is Cc1cc(NCCCN2CCOCC2)nc2c1ccc1ccccc12. The lowest BCUT2D eigenvalue weighted by molar-refractivity contribution is 0.0378. The van der Waals surface area contributed by atoms with Gasteiger partial charge in [0.1, 0.15) is 5.82 Å². The number of aromatic nitrogens is 1. The first kappa shape index (κ1) is 16.3. The Morgan fingerprint density at radius 3 is 2.80 bits per heavy atom. The Kier molecular flexibility index (Phi) is 4.81. The highest BCUT2D eigenvalue weighted by molar-refractivity contribution is 6.06. The molecule has 1 aliphatic rings. The number of nitrogens with zero attached hydrogens (tertiary/aromatic N) is 2. The molecule has 4 rings (SSSR count). The van der Waals surface area contributed by atoms with E-state index in [2.05, 4.69) is 59.6 Å². The Morgan fingerprint density at radius 1 is 1.08 bits per heavy atom. The van der Waals surface area contributed by atoms with Crippen molar-refractivity contribution in [2.75, 3.05) is 44.7 Å². The summed E-state index contributed by atoms with van der Waals surface area (Å²) in [4.78, 5) is 7.37. The van der Waals surface area contributed by atoms with E-state index in [1.807, 2.05) is 0 Å². The zero-order chi connectivity index (χ0) is 17.1. The molecule has 0 radical (unpaired) electrons. The van der Waals surface area contributed by atoms with Gasteiger partial charge in [-0.25, -0.2) is 4.98 Å². The summed E-state index contributed by atoms with van der Waals surface area (Å²) in [6.45, 7) is 8.07. The van der Waals surface area contributed by atoms with Gasteiger partial charge in [0, 0.05) is 30.4 Å². The lowest BCUT2D eigenvalue weighted by Gasteiger charge is -2.26. The molecule has 4 heteroatoms. The molecular weight excluding hydrogens is 310 g/mol. The molecule has 130 valence electrons. The third kappa shape index (κ3) is 3.60. The fraction of sp³-hybridized carbons (Fsp3) is 0.381. The standard InChI is InChI=1S/C21H25N3O/c1-16-15-20(22-9-4-10-24-11-13-25-14-12-24)23-21-18(16)8-7-17-5-2-3-6-19(17)21/h2-3,5-8,15H,4,9-14H2,1H3,(H,22,23). The van der Waals surface area contributed by atoms with Gasteiger partial charge in [0.15, 0.2) is 0 Å². The van der Waals surface area contributed by atoms with Crippen LogP contribution in [0.15, 0.2) is 42.5 Å². The van der Waals surface area contributed by atoms with Gasteiger partial charge >= 0.3 is 0 Å². The highest BCUT2D eigenvalue weighted by Gasteiger charge is 2.10. The molecule has 25 heavy (non-hydrogen) atoms. The smallest absolute Gasteiger partial charge is 0.126 e. The fourth-order valence-corrected chi connectivity index (χ4v) is 3.56. The van der Waals surface area contributed by atoms with Crippen LogP contribution >= 0.6 is 0 Å². The van der Waals surface area contributed by atoms with Crippen molar-refractivity contribution < 1.29 is 4.74 Å². The van der Waals surface area contributed by atoms with Gasteiger partial charge in [-0.2, -0.15) is 0 Å². The van der Waals surface area contributed by atoms with Crippen LogP contribution in [0.1, 0.15) is 12.0 Å². The summed E-state index contributed by atoms with van der Waals surface area (Å²) in [5.74, 6) is 0.975. The number of rotatable bonds is 5. The van der Waals surface area contributed by atoms with E-state index in [0.717, 1.165) is 57.1 Å². The molecule has 0 atom stereocenters. The first-order valence-corrected chi connectivity index (χ1v) is 9.14. The maximum atomic E-state index is 5.40. The van der Waals surface area contributed by atoms with E-state index in [9.17, 15) is 0 Å². The third-order valence-electron chi connectivity index (χ3n) is 4.97. The number of nitrogens with one attached hydrogen (secondary N) is 1. The number of anilines is 1. The van der Waals surface area contributed by atoms with Crippen LogP contribution in [0.25, 0.3) is 21.7 Å². The molecule has 0 aliphatic carbocycles. The van der Waals surface area contributed by atoms with Gasteiger partial charge in [-0.3, -0.25) is 4.90 Å². The Bertz CT molecular complexity index is 872. The van der Waals surface area contributed by atoms with Gasteiger partial charge in [-0.1, -0.05) is 36.4 Å². The van der Waals surface area contributed by atoms with Crippen LogP contribution in [0.2, 0.25) is 0 Å². The number of aryl methyl sites for hydroxylation is 1. The molecule has 1 saturated heterocycles. The lowest BCUT2D eigenvalue weighted by Crippen LogP contribution is -2.37. The van der Waals surface area contributed by atoms with E-state index in [1.54, 1.807) is 0 Å². The van der Waals surface area contributed by atoms with Crippen LogP contribution in [0.3, 0.4) is 0 Å². The van der Waals surface area contributed by atoms with Crippen LogP contribution in [0.4, 0.5) is 5.82 Å². The van der Waals surface area contributed by atoms with Crippen molar-refractivity contribution in [2.24, 2.45) is 0 Å². The monoisotopic (exact) mass is 335 g/mol. The average molecular weight is 335 g/mol. The zero-order valence-electron chi connectivity index (χ0n) is 14.8. The number of pyridine rings is 1. The van der Waals surface area contributed by atoms with Gasteiger partial charge in [-0.05, 0) is 36.9 Å². The number of ether oxygens (including phenoxy) is 1. The van der Waals surface area contributed by atoms with E-state index in [4.69, 9.17) is 9.72 Å². The Labute approximate surface area is 148 Å². The first-order valence-electron chi connectivity index (χ1n) is 9.14. The van der Waals surface area contributed by atoms with Gasteiger partial charge < -0.3 is 10.1 Å². The normalized spacial score (nSPS) is 15.7. The average Bonchev–Trinajstić information content (AvgIpc) is 2.66. The van der Waals surface area contributed by atoms with Gasteiger partial charge in [0.2, 0.25) is 0 Å². The number of morpholine rings is 1. The molecule has 2 heterocycles. The summed E-state index contributed by atoms with van der Waals surface area (Å²) in [6.07, 6.45) is 1.12. The van der Waals surface area contributed by atoms with Crippen LogP contribution in [-0.4, -0.2) is 49.3 Å². The molecule has 0 bridgehead atoms. The quantitative estimate of drug-likeness (QED) is 0.568. The summed E-state index contributed by atoms with van der Waals surface area (Å²) in [5.41, 5.74) is 2.36. The molecule has 1 N–H and O–H groups in total. The number of hydrogen-bond acceptors (Lipinski definition) is 4. The summed E-state index contributed by atoms with van der Waals surface area (Å²) in [6, 6.07) is 15.0. The van der Waals surface area contributed by atoms with E-state index >= 15 is 0 Å². The molecule has 0 spiro atoms. The molecular formula is C21H25N3O. The topological polar surface area (TPSA) is 37.4 Å². The predicted molar refractivity (Wildman–Crippen MR) is 104 cm³/mol. The van der Waals surface area contributed by atoms with Crippen molar-refractivity contribution in [3.63, 3.8) is 0 Å². The zero-order valence-corrected chi connectivity index (χ0v) is 14.8. The second-order valence-corrected chi connectivity index (χ2v) is 6.74. The van der Waals surface area contributed by atoms with Crippen LogP contribution in [0, 0.1) is 6.92 Å². The molecule has 4 nitrogen and oxygen atoms in total. The summed E-state index contributed by atoms with van der Waals surface area (Å²) in [5, 5.41) is 7.21. The molecule has 1 aromatic heterocycles. The van der Waals surface area contributed by atoms with Gasteiger partial charge in [0.25, 0.3) is 0 Å². The summed E-state index contributed by atoms with van der Waals surface area (Å²) >= 11 is 0. The molecule has 1 aliphatic heterocycles. The maximum absolute atomic E-state index is 5.40. The molecule has 3 aromatic rings. The fourth-order valence-electron chi connectivity index (χ4n) is 3.56. The third-order valence-corrected chi connectivity index (χ3v) is 4.97. The molecule has 1 fully saturated rings. The summed E-state index contributed by atoms with van der Waals surface area (Å²) < 4.78 is 5.40. The minimum absolute atomic E-state index is 0.867. The Balaban J connectivity index is 1.49. The molecule has 0 saturated carbocycles. The Hall–Kier alpha value is -2.17. The maximum Gasteiger partial charge on any atom is 0.126 e. The van der Waals surface area contributed by atoms with Crippen molar-refractivity contribution in [3.05, 3.63) is 48.0 Å². The Morgan fingerprint density at radius 2 is 1.92 bits per heavy atom. The van der Waals surface area contributed by atoms with Crippen molar-refractivity contribution in [1.82, 2.24) is 9.88 Å². The van der Waals surface area contributed by atoms with Crippen molar-refractivity contribution in [2.45, 2.75) is 13.3 Å².